The first kappa shape index (κ1) is 34.6. The quantitative estimate of drug-likeness (QED) is 0.275. The zero-order chi connectivity index (χ0) is 34.0. The lowest BCUT2D eigenvalue weighted by atomic mass is 9.62. The molecule has 0 radical (unpaired) electrons. The van der Waals surface area contributed by atoms with E-state index in [1.165, 1.54) is 23.4 Å². The number of anilines is 1. The summed E-state index contributed by atoms with van der Waals surface area (Å²) in [4.78, 5) is 20.1. The minimum atomic E-state index is -1.62. The predicted octanol–water partition coefficient (Wildman–Crippen LogP) is 7.76. The third-order valence-corrected chi connectivity index (χ3v) is 12.4. The van der Waals surface area contributed by atoms with Gasteiger partial charge in [-0.2, -0.15) is 0 Å². The number of carbonyl (C=O) groups excluding carboxylic acids is 1. The largest absolute Gasteiger partial charge is 0.491 e. The average Bonchev–Trinajstić information content (AvgIpc) is 3.24. The van der Waals surface area contributed by atoms with Crippen molar-refractivity contribution in [2.45, 2.75) is 69.6 Å². The highest BCUT2D eigenvalue weighted by molar-refractivity contribution is 7.84. The topological polar surface area (TPSA) is 80.8 Å². The molecule has 1 amide bonds. The molecule has 7 atom stereocenters. The number of halogens is 2. The summed E-state index contributed by atoms with van der Waals surface area (Å²) < 4.78 is 44.6. The second-order valence-electron chi connectivity index (χ2n) is 13.5. The lowest BCUT2D eigenvalue weighted by molar-refractivity contribution is -0.0824. The van der Waals surface area contributed by atoms with Gasteiger partial charge < -0.3 is 14.4 Å². The van der Waals surface area contributed by atoms with Crippen molar-refractivity contribution in [3.8, 4) is 5.75 Å². The average molecular weight is 694 g/mol. The molecule has 1 saturated carbocycles. The summed E-state index contributed by atoms with van der Waals surface area (Å²) in [7, 11) is 0.0246. The standard InChI is InChI=1S/C38H45ClFN3O4S/c1-5-7-26-18-30(39)11-12-31(26)29-22-43-21-28-9-13-32(28)38(46-4,33-20-41-17-15-34(33)40)16-6-8-24(2)25(3)48(45)42-37(44)27-10-14-36(47-23-29)35(43)19-27/h6,10-12,14-20,24-25,28-29,32H,5,7-9,13,21-23H2,1-4H3,(H,42,44)/b16-6+/t24?,25?,28?,29?,32?,38-,48?/m0/s1. The summed E-state index contributed by atoms with van der Waals surface area (Å²) in [5.74, 6) is 0.0804. The van der Waals surface area contributed by atoms with Gasteiger partial charge in [-0.25, -0.2) is 8.60 Å². The van der Waals surface area contributed by atoms with Crippen LogP contribution in [0.1, 0.15) is 79.4 Å². The molecule has 0 saturated heterocycles. The molecule has 10 heteroatoms. The van der Waals surface area contributed by atoms with Gasteiger partial charge in [-0.1, -0.05) is 50.1 Å². The number of fused-ring (bicyclic) bond motifs is 2. The number of aryl methyl sites for hydroxylation is 1. The van der Waals surface area contributed by atoms with E-state index in [2.05, 4.69) is 33.7 Å². The summed E-state index contributed by atoms with van der Waals surface area (Å²) in [5, 5.41) is 0.388. The van der Waals surface area contributed by atoms with Crippen LogP contribution < -0.4 is 14.4 Å². The van der Waals surface area contributed by atoms with Gasteiger partial charge in [0.05, 0.1) is 17.5 Å². The van der Waals surface area contributed by atoms with Crippen molar-refractivity contribution in [2.75, 3.05) is 31.7 Å². The number of aromatic nitrogens is 1. The number of hydrogen-bond acceptors (Lipinski definition) is 6. The first-order valence-corrected chi connectivity index (χ1v) is 18.6. The Balaban J connectivity index is 1.46. The summed E-state index contributed by atoms with van der Waals surface area (Å²) in [6.45, 7) is 7.81. The minimum absolute atomic E-state index is 0.0286. The molecule has 1 fully saturated rings. The Morgan fingerprint density at radius 1 is 1.17 bits per heavy atom. The van der Waals surface area contributed by atoms with Crippen molar-refractivity contribution in [1.82, 2.24) is 9.71 Å². The second-order valence-corrected chi connectivity index (χ2v) is 15.5. The molecular weight excluding hydrogens is 649 g/mol. The maximum Gasteiger partial charge on any atom is 0.263 e. The number of allylic oxidation sites excluding steroid dienone is 1. The summed E-state index contributed by atoms with van der Waals surface area (Å²) >= 11 is 6.45. The zero-order valence-corrected chi connectivity index (χ0v) is 29.7. The van der Waals surface area contributed by atoms with Gasteiger partial charge in [0.1, 0.15) is 28.2 Å². The van der Waals surface area contributed by atoms with E-state index in [0.717, 1.165) is 31.4 Å². The Kier molecular flexibility index (Phi) is 10.6. The number of nitrogens with zero attached hydrogens (tertiary/aromatic N) is 2. The molecule has 2 aromatic carbocycles. The Hall–Kier alpha value is -3.27. The number of ether oxygens (including phenoxy) is 2. The SMILES string of the molecule is CCCc1cc(Cl)ccc1C1COc2ccc3cc2N(C1)CC1CCC1[C@](OC)(c1cnccc1F)/C=C/CC(C)C(C)S(=O)NC3=O. The van der Waals surface area contributed by atoms with Crippen LogP contribution in [-0.2, 0) is 27.7 Å². The first-order chi connectivity index (χ1) is 23.1. The predicted molar refractivity (Wildman–Crippen MR) is 189 cm³/mol. The second kappa shape index (κ2) is 14.7. The summed E-state index contributed by atoms with van der Waals surface area (Å²) in [5.41, 5.74) is 3.03. The maximum atomic E-state index is 15.6. The van der Waals surface area contributed by atoms with Crippen LogP contribution >= 0.6 is 11.6 Å². The van der Waals surface area contributed by atoms with Crippen LogP contribution in [0.4, 0.5) is 10.1 Å². The van der Waals surface area contributed by atoms with Crippen LogP contribution in [0.5, 0.6) is 5.75 Å². The number of pyridine rings is 1. The Morgan fingerprint density at radius 2 is 2.00 bits per heavy atom. The molecule has 2 bridgehead atoms. The Bertz CT molecular complexity index is 1700. The van der Waals surface area contributed by atoms with Gasteiger partial charge in [0.15, 0.2) is 0 Å². The number of amides is 1. The van der Waals surface area contributed by atoms with Crippen LogP contribution in [0, 0.1) is 23.6 Å². The fraction of sp³-hybridized carbons (Fsp3) is 0.474. The first-order valence-electron chi connectivity index (χ1n) is 17.0. The molecule has 3 aromatic rings. The fourth-order valence-corrected chi connectivity index (χ4v) is 8.82. The molecule has 0 spiro atoms. The Labute approximate surface area is 290 Å². The number of rotatable bonds is 5. The molecule has 2 aliphatic heterocycles. The van der Waals surface area contributed by atoms with E-state index >= 15 is 4.39 Å². The zero-order valence-electron chi connectivity index (χ0n) is 28.1. The number of methoxy groups -OCH3 is 1. The molecule has 6 rings (SSSR count). The monoisotopic (exact) mass is 693 g/mol. The van der Waals surface area contributed by atoms with E-state index in [4.69, 9.17) is 21.1 Å². The van der Waals surface area contributed by atoms with Gasteiger partial charge in [-0.3, -0.25) is 14.5 Å². The van der Waals surface area contributed by atoms with E-state index < -0.39 is 16.6 Å². The van der Waals surface area contributed by atoms with E-state index in [1.54, 1.807) is 19.4 Å². The normalized spacial score (nSPS) is 29.9. The molecule has 6 unspecified atom stereocenters. The van der Waals surface area contributed by atoms with E-state index in [1.807, 2.05) is 44.2 Å². The van der Waals surface area contributed by atoms with Gasteiger partial charge >= 0.3 is 0 Å². The van der Waals surface area contributed by atoms with Crippen LogP contribution in [-0.4, -0.2) is 47.2 Å². The number of hydrogen-bond donors (Lipinski definition) is 1. The number of nitrogens with one attached hydrogen (secondary N) is 1. The third-order valence-electron chi connectivity index (χ3n) is 10.7. The van der Waals surface area contributed by atoms with E-state index in [0.29, 0.717) is 48.0 Å². The number of benzene rings is 2. The van der Waals surface area contributed by atoms with Crippen molar-refractivity contribution in [3.63, 3.8) is 0 Å². The van der Waals surface area contributed by atoms with Crippen molar-refractivity contribution in [2.24, 2.45) is 17.8 Å². The van der Waals surface area contributed by atoms with Gasteiger partial charge in [0, 0.05) is 60.6 Å². The Morgan fingerprint density at radius 3 is 2.73 bits per heavy atom. The lowest BCUT2D eigenvalue weighted by Crippen LogP contribution is -2.50. The molecule has 48 heavy (non-hydrogen) atoms. The molecule has 1 N–H and O–H groups in total. The van der Waals surface area contributed by atoms with Crippen molar-refractivity contribution >= 4 is 34.2 Å². The summed E-state index contributed by atoms with van der Waals surface area (Å²) in [6.07, 6.45) is 11.3. The van der Waals surface area contributed by atoms with Crippen molar-refractivity contribution in [1.29, 1.82) is 0 Å². The molecule has 7 nitrogen and oxygen atoms in total. The number of carbonyl (C=O) groups is 1. The summed E-state index contributed by atoms with van der Waals surface area (Å²) in [6, 6.07) is 12.9. The fourth-order valence-electron chi connectivity index (χ4n) is 7.60. The molecule has 3 aliphatic rings. The molecule has 1 aromatic heterocycles. The molecule has 256 valence electrons. The molecular formula is C38H45ClFN3O4S. The minimum Gasteiger partial charge on any atom is -0.491 e. The smallest absolute Gasteiger partial charge is 0.263 e. The maximum absolute atomic E-state index is 15.6. The van der Waals surface area contributed by atoms with Crippen LogP contribution in [0.25, 0.3) is 0 Å². The van der Waals surface area contributed by atoms with E-state index in [-0.39, 0.29) is 40.6 Å². The van der Waals surface area contributed by atoms with Crippen LogP contribution in [0.15, 0.2) is 67.0 Å². The van der Waals surface area contributed by atoms with E-state index in [9.17, 15) is 9.00 Å². The lowest BCUT2D eigenvalue weighted by Gasteiger charge is -2.50. The van der Waals surface area contributed by atoms with Gasteiger partial charge in [-0.15, -0.1) is 0 Å². The van der Waals surface area contributed by atoms with Gasteiger partial charge in [-0.05, 0) is 92.0 Å². The molecule has 3 heterocycles. The third kappa shape index (κ3) is 6.78. The highest BCUT2D eigenvalue weighted by Crippen LogP contribution is 2.51. The highest BCUT2D eigenvalue weighted by atomic mass is 35.5. The van der Waals surface area contributed by atoms with Crippen LogP contribution in [0.3, 0.4) is 0 Å². The van der Waals surface area contributed by atoms with Crippen LogP contribution in [0.2, 0.25) is 5.02 Å². The van der Waals surface area contributed by atoms with Crippen molar-refractivity contribution in [3.05, 3.63) is 100 Å². The highest BCUT2D eigenvalue weighted by Gasteiger charge is 2.50. The molecule has 1 aliphatic carbocycles. The van der Waals surface area contributed by atoms with Gasteiger partial charge in [0.25, 0.3) is 5.91 Å². The van der Waals surface area contributed by atoms with Crippen molar-refractivity contribution < 1.29 is 22.9 Å². The van der Waals surface area contributed by atoms with Gasteiger partial charge in [0.2, 0.25) is 0 Å².